The summed E-state index contributed by atoms with van der Waals surface area (Å²) in [5, 5.41) is 11.1. The van der Waals surface area contributed by atoms with Crippen LogP contribution in [0.2, 0.25) is 0 Å². The molecule has 0 amide bonds. The molecular formula is C125H145N10O5+5. The molecule has 15 heterocycles. The standard InChI is InChI=1S/C26H31N2O.3C25H29N2O.C24H27N2O/c1-7-18(8-2)19-10-14-23(28(6)15-19)24-17(5)9-11-20-21-12-13-22(16(3)4)27-26(21)29-25(20)24;2*1-7-18(8-2)21-14-27(6)22(13-16(21)4)23-15(3)9-11-19-20-12-10-17(5)26-25(20)28-24(19)23;1-6-17(7-2)18-10-14-22(27(5)15-18)23-16(4)9-12-20-21-13-11-19(8-3)26-25(21)28-24(20)23;1-6-17(7-2)18-12-13-26(5)21(14-18)22-15(3)8-10-19-20-11-9-16(4)25-24(20)27-23(19)22/h9-16,18H,7-8H2,1-6H3;2*9-14,18H,7-8H2,1-6H3;9-15,17H,6-8H2,1-5H3;8-14,17H,6-7H2,1-5H3/q5*+1. The average molecular weight is 1870 g/mol. The summed E-state index contributed by atoms with van der Waals surface area (Å²) >= 11 is 0. The summed E-state index contributed by atoms with van der Waals surface area (Å²) in [6.45, 7) is 50.4. The summed E-state index contributed by atoms with van der Waals surface area (Å²) in [7, 11) is 10.7. The van der Waals surface area contributed by atoms with Gasteiger partial charge in [-0.1, -0.05) is 151 Å². The molecule has 0 aliphatic heterocycles. The van der Waals surface area contributed by atoms with Crippen LogP contribution in [-0.4, -0.2) is 24.9 Å². The minimum absolute atomic E-state index is 0.379. The second kappa shape index (κ2) is 42.3. The van der Waals surface area contributed by atoms with Crippen molar-refractivity contribution in [1.82, 2.24) is 24.9 Å². The molecule has 0 unspecified atom stereocenters. The molecule has 5 aromatic carbocycles. The Morgan fingerprint density at radius 3 is 0.836 bits per heavy atom. The molecule has 15 aromatic heterocycles. The fourth-order valence-electron chi connectivity index (χ4n) is 21.5. The molecule has 0 saturated heterocycles. The zero-order chi connectivity index (χ0) is 99.7. The van der Waals surface area contributed by atoms with Gasteiger partial charge in [-0.2, -0.15) is 0 Å². The SMILES string of the molecule is CCC(CC)c1c[n+](C)c(-c2c(C)ccc3c2oc2nc(C)ccc23)cc1C.CCC(CC)c1c[n+](C)c(-c2c(C)ccc3c2oc2nc(C)ccc23)cc1C.CCC(CC)c1cc[n+](C)c(-c2c(C)ccc3c2oc2nc(C)ccc23)c1.CCC(CC)c1ccc(-c2c(C)ccc3c2oc2nc(C(C)C)ccc23)[n+](C)c1.CCc1ccc2c(n1)oc1c(-c3ccc(C(CC)CC)c[n+]3C)c(C)ccc12. The van der Waals surface area contributed by atoms with Gasteiger partial charge in [-0.15, -0.1) is 0 Å². The van der Waals surface area contributed by atoms with E-state index >= 15 is 0 Å². The monoisotopic (exact) mass is 1870 g/mol. The van der Waals surface area contributed by atoms with Gasteiger partial charge < -0.3 is 22.1 Å². The molecule has 20 aromatic rings. The van der Waals surface area contributed by atoms with Crippen molar-refractivity contribution in [3.05, 3.63) is 296 Å². The quantitative estimate of drug-likeness (QED) is 0.0600. The molecule has 20 rings (SSSR count). The van der Waals surface area contributed by atoms with E-state index in [2.05, 4.69) is 394 Å². The molecule has 0 N–H and O–H groups in total. The van der Waals surface area contributed by atoms with Crippen LogP contribution in [-0.2, 0) is 41.7 Å². The van der Waals surface area contributed by atoms with Crippen molar-refractivity contribution < 1.29 is 44.9 Å². The number of nitrogens with zero attached hydrogens (tertiary/aromatic N) is 10. The number of pyridine rings is 10. The minimum atomic E-state index is 0.379. The van der Waals surface area contributed by atoms with Crippen LogP contribution in [0.5, 0.6) is 0 Å². The highest BCUT2D eigenvalue weighted by Gasteiger charge is 2.32. The summed E-state index contributed by atoms with van der Waals surface area (Å²) in [5.74, 6) is 3.40. The van der Waals surface area contributed by atoms with Crippen LogP contribution in [0, 0.1) is 69.2 Å². The molecule has 140 heavy (non-hydrogen) atoms. The first-order valence-electron chi connectivity index (χ1n) is 51.5. The fourth-order valence-corrected chi connectivity index (χ4v) is 21.5. The zero-order valence-corrected chi connectivity index (χ0v) is 88.3. The number of aryl methyl sites for hydroxylation is 16. The lowest BCUT2D eigenvalue weighted by molar-refractivity contribution is -0.661. The Balaban J connectivity index is 0.000000126. The van der Waals surface area contributed by atoms with Crippen molar-refractivity contribution in [3.63, 3.8) is 0 Å². The maximum Gasteiger partial charge on any atom is 0.227 e. The normalized spacial score (nSPS) is 11.8. The van der Waals surface area contributed by atoms with Crippen molar-refractivity contribution in [2.75, 3.05) is 0 Å². The van der Waals surface area contributed by atoms with Gasteiger partial charge in [0.1, 0.15) is 35.2 Å². The summed E-state index contributed by atoms with van der Waals surface area (Å²) in [5.41, 5.74) is 40.9. The predicted octanol–water partition coefficient (Wildman–Crippen LogP) is 31.7. The number of hydrogen-bond acceptors (Lipinski definition) is 10. The van der Waals surface area contributed by atoms with Gasteiger partial charge in [-0.3, -0.25) is 0 Å². The van der Waals surface area contributed by atoms with Gasteiger partial charge in [0, 0.05) is 141 Å². The molecule has 0 radical (unpaired) electrons. The van der Waals surface area contributed by atoms with Crippen LogP contribution < -0.4 is 22.8 Å². The highest BCUT2D eigenvalue weighted by Crippen LogP contribution is 2.45. The van der Waals surface area contributed by atoms with Crippen molar-refractivity contribution >= 4 is 110 Å². The number of rotatable bonds is 22. The fraction of sp³-hybridized carbons (Fsp3) is 0.360. The molecule has 0 bridgehead atoms. The largest absolute Gasteiger partial charge is 0.437 e. The van der Waals surface area contributed by atoms with E-state index in [-0.39, 0.29) is 0 Å². The smallest absolute Gasteiger partial charge is 0.227 e. The molecule has 15 nitrogen and oxygen atoms in total. The first-order chi connectivity index (χ1) is 67.4. The topological polar surface area (TPSA) is 150 Å². The van der Waals surface area contributed by atoms with E-state index in [1.165, 1.54) is 139 Å². The molecule has 0 saturated carbocycles. The van der Waals surface area contributed by atoms with Crippen molar-refractivity contribution in [2.45, 2.75) is 265 Å². The Hall–Kier alpha value is -13.4. The Kier molecular flexibility index (Phi) is 30.1. The third kappa shape index (κ3) is 19.4. The summed E-state index contributed by atoms with van der Waals surface area (Å²) in [6.07, 6.45) is 23.9. The van der Waals surface area contributed by atoms with Crippen molar-refractivity contribution in [1.29, 1.82) is 0 Å². The Morgan fingerprint density at radius 1 is 0.243 bits per heavy atom. The van der Waals surface area contributed by atoms with Gasteiger partial charge in [0.2, 0.25) is 57.0 Å². The first-order valence-corrected chi connectivity index (χ1v) is 51.5. The molecule has 0 aliphatic rings. The number of aromatic nitrogens is 10. The maximum atomic E-state index is 6.36. The van der Waals surface area contributed by atoms with Gasteiger partial charge in [0.25, 0.3) is 0 Å². The summed E-state index contributed by atoms with van der Waals surface area (Å²) in [4.78, 5) is 23.3. The van der Waals surface area contributed by atoms with Gasteiger partial charge in [0.05, 0.1) is 27.8 Å². The second-order valence-electron chi connectivity index (χ2n) is 39.6. The van der Waals surface area contributed by atoms with Crippen LogP contribution in [0.4, 0.5) is 0 Å². The Labute approximate surface area is 827 Å². The van der Waals surface area contributed by atoms with Gasteiger partial charge in [0.15, 0.2) is 58.9 Å². The first kappa shape index (κ1) is 99.6. The van der Waals surface area contributed by atoms with Crippen LogP contribution in [0.15, 0.2) is 223 Å². The highest BCUT2D eigenvalue weighted by molar-refractivity contribution is 6.13. The molecule has 0 aliphatic carbocycles. The number of fused-ring (bicyclic) bond motifs is 15. The maximum absolute atomic E-state index is 6.36. The summed E-state index contributed by atoms with van der Waals surface area (Å²) in [6, 6.07) is 61.0. The lowest BCUT2D eigenvalue weighted by Gasteiger charge is -2.15. The van der Waals surface area contributed by atoms with Gasteiger partial charge in [-0.25, -0.2) is 47.8 Å². The molecule has 0 spiro atoms. The van der Waals surface area contributed by atoms with Crippen LogP contribution >= 0.6 is 0 Å². The minimum Gasteiger partial charge on any atom is -0.437 e. The lowest BCUT2D eigenvalue weighted by Crippen LogP contribution is -2.32. The number of hydrogen-bond donors (Lipinski definition) is 0. The molecule has 0 fully saturated rings. The third-order valence-corrected chi connectivity index (χ3v) is 30.1. The lowest BCUT2D eigenvalue weighted by atomic mass is 9.90. The van der Waals surface area contributed by atoms with Crippen molar-refractivity contribution in [3.8, 4) is 56.3 Å². The predicted molar refractivity (Wildman–Crippen MR) is 578 cm³/mol. The van der Waals surface area contributed by atoms with E-state index in [0.29, 0.717) is 35.5 Å². The van der Waals surface area contributed by atoms with Crippen LogP contribution in [0.25, 0.3) is 167 Å². The van der Waals surface area contributed by atoms with Crippen LogP contribution in [0.3, 0.4) is 0 Å². The van der Waals surface area contributed by atoms with Crippen LogP contribution in [0.1, 0.15) is 285 Å². The van der Waals surface area contributed by atoms with Gasteiger partial charge >= 0.3 is 0 Å². The Bertz CT molecular complexity index is 7820. The molecule has 720 valence electrons. The third-order valence-electron chi connectivity index (χ3n) is 30.1. The van der Waals surface area contributed by atoms with Gasteiger partial charge in [-0.05, 0) is 293 Å². The van der Waals surface area contributed by atoms with E-state index in [1.54, 1.807) is 0 Å². The van der Waals surface area contributed by atoms with E-state index in [0.717, 1.165) is 193 Å². The zero-order valence-electron chi connectivity index (χ0n) is 88.3. The van der Waals surface area contributed by atoms with E-state index in [1.807, 2.05) is 39.0 Å². The molecule has 0 atom stereocenters. The Morgan fingerprint density at radius 2 is 0.521 bits per heavy atom. The van der Waals surface area contributed by atoms with E-state index in [9.17, 15) is 0 Å². The average Bonchev–Trinajstić information content (AvgIpc) is 1.60. The number of benzene rings is 5. The van der Waals surface area contributed by atoms with E-state index in [4.69, 9.17) is 32.1 Å². The second-order valence-corrected chi connectivity index (χ2v) is 39.6. The van der Waals surface area contributed by atoms with Crippen molar-refractivity contribution in [2.24, 2.45) is 35.2 Å². The highest BCUT2D eigenvalue weighted by atomic mass is 16.4. The number of furan rings is 5. The molecular weight excluding hydrogens is 1720 g/mol. The summed E-state index contributed by atoms with van der Waals surface area (Å²) < 4.78 is 42.7. The van der Waals surface area contributed by atoms with E-state index < -0.39 is 0 Å². The molecule has 15 heteroatoms.